The van der Waals surface area contributed by atoms with E-state index in [0.717, 1.165) is 30.0 Å². The number of nitrogens with one attached hydrogen (secondary N) is 1. The molecule has 1 aromatic carbocycles. The highest BCUT2D eigenvalue weighted by atomic mass is 32.2. The van der Waals surface area contributed by atoms with Crippen LogP contribution in [0.4, 0.5) is 14.5 Å². The first-order valence-corrected chi connectivity index (χ1v) is 6.99. The average Bonchev–Trinajstić information content (AvgIpc) is 2.39. The minimum atomic E-state index is -1.18. The van der Waals surface area contributed by atoms with E-state index in [-0.39, 0.29) is 11.4 Å². The number of anilines is 1. The second-order valence-corrected chi connectivity index (χ2v) is 6.51. The van der Waals surface area contributed by atoms with E-state index in [1.165, 1.54) is 0 Å². The molecule has 116 valence electrons. The number of carboxylic acid groups (broad SMARTS) is 1. The van der Waals surface area contributed by atoms with Gasteiger partial charge in [0, 0.05) is 10.8 Å². The molecular formula is C13H16F2N2O3S. The summed E-state index contributed by atoms with van der Waals surface area (Å²) in [5.74, 6) is -3.31. The van der Waals surface area contributed by atoms with Gasteiger partial charge in [-0.05, 0) is 26.0 Å². The van der Waals surface area contributed by atoms with E-state index in [2.05, 4.69) is 5.32 Å². The number of carbonyl (C=O) groups excluding carboxylic acids is 1. The maximum absolute atomic E-state index is 13.4. The molecule has 1 amide bonds. The van der Waals surface area contributed by atoms with Gasteiger partial charge in [0.15, 0.2) is 0 Å². The van der Waals surface area contributed by atoms with Crippen molar-refractivity contribution in [2.75, 3.05) is 11.1 Å². The normalized spacial score (nSPS) is 12.8. The molecule has 0 aliphatic carbocycles. The summed E-state index contributed by atoms with van der Waals surface area (Å²) in [6, 6.07) is 1.56. The summed E-state index contributed by atoms with van der Waals surface area (Å²) in [6.45, 7) is 3.18. The highest BCUT2D eigenvalue weighted by Crippen LogP contribution is 2.27. The van der Waals surface area contributed by atoms with Crippen LogP contribution >= 0.6 is 11.8 Å². The van der Waals surface area contributed by atoms with E-state index < -0.39 is 34.3 Å². The molecule has 0 radical (unpaired) electrons. The summed E-state index contributed by atoms with van der Waals surface area (Å²) < 4.78 is 25.4. The fraction of sp³-hybridized carbons (Fsp3) is 0.385. The third-order valence-electron chi connectivity index (χ3n) is 2.79. The fourth-order valence-electron chi connectivity index (χ4n) is 1.42. The number of carboxylic acids is 1. The molecule has 5 nitrogen and oxygen atoms in total. The van der Waals surface area contributed by atoms with Gasteiger partial charge >= 0.3 is 5.97 Å². The third-order valence-corrected chi connectivity index (χ3v) is 4.20. The summed E-state index contributed by atoms with van der Waals surface area (Å²) in [4.78, 5) is 22.5. The lowest BCUT2D eigenvalue weighted by atomic mass is 10.1. The Bertz CT molecular complexity index is 552. The minimum absolute atomic E-state index is 0.135. The van der Waals surface area contributed by atoms with E-state index >= 15 is 0 Å². The molecule has 0 aliphatic heterocycles. The third kappa shape index (κ3) is 4.98. The monoisotopic (exact) mass is 318 g/mol. The van der Waals surface area contributed by atoms with Gasteiger partial charge in [0.1, 0.15) is 17.7 Å². The molecule has 1 aromatic rings. The average molecular weight is 318 g/mol. The molecule has 1 rings (SSSR count). The van der Waals surface area contributed by atoms with Crippen molar-refractivity contribution in [2.45, 2.75) is 24.6 Å². The van der Waals surface area contributed by atoms with E-state index in [1.54, 1.807) is 13.8 Å². The fourth-order valence-corrected chi connectivity index (χ4v) is 2.27. The number of amides is 1. The van der Waals surface area contributed by atoms with Crippen molar-refractivity contribution in [3.05, 3.63) is 29.8 Å². The topological polar surface area (TPSA) is 92.4 Å². The molecule has 21 heavy (non-hydrogen) atoms. The van der Waals surface area contributed by atoms with Crippen LogP contribution in [0.3, 0.4) is 0 Å². The summed E-state index contributed by atoms with van der Waals surface area (Å²) in [6.07, 6.45) is 0. The van der Waals surface area contributed by atoms with Crippen LogP contribution in [0.5, 0.6) is 0 Å². The molecule has 0 unspecified atom stereocenters. The molecule has 0 saturated carbocycles. The lowest BCUT2D eigenvalue weighted by molar-refractivity contribution is -0.139. The van der Waals surface area contributed by atoms with Gasteiger partial charge < -0.3 is 16.2 Å². The highest BCUT2D eigenvalue weighted by Gasteiger charge is 2.33. The van der Waals surface area contributed by atoms with Crippen molar-refractivity contribution < 1.29 is 23.5 Å². The molecule has 0 saturated heterocycles. The standard InChI is InChI=1S/C13H16F2N2O3S/c1-13(2,11(16)12(19)20)21-6-10(18)17-9-5-7(14)3-4-8(9)15/h3-5,11H,6,16H2,1-2H3,(H,17,18)(H,19,20)/t11-/m0/s1. The van der Waals surface area contributed by atoms with Crippen molar-refractivity contribution >= 4 is 29.3 Å². The van der Waals surface area contributed by atoms with Crippen LogP contribution in [-0.2, 0) is 9.59 Å². The van der Waals surface area contributed by atoms with E-state index in [1.807, 2.05) is 0 Å². The highest BCUT2D eigenvalue weighted by molar-refractivity contribution is 8.01. The summed E-state index contributed by atoms with van der Waals surface area (Å²) in [7, 11) is 0. The van der Waals surface area contributed by atoms with Gasteiger partial charge in [0.25, 0.3) is 0 Å². The smallest absolute Gasteiger partial charge is 0.321 e. The molecule has 8 heteroatoms. The largest absolute Gasteiger partial charge is 0.480 e. The van der Waals surface area contributed by atoms with Crippen LogP contribution in [0.2, 0.25) is 0 Å². The Balaban J connectivity index is 2.62. The van der Waals surface area contributed by atoms with Crippen molar-refractivity contribution in [1.82, 2.24) is 0 Å². The van der Waals surface area contributed by atoms with Gasteiger partial charge in [-0.1, -0.05) is 0 Å². The van der Waals surface area contributed by atoms with E-state index in [0.29, 0.717) is 0 Å². The number of aliphatic carboxylic acids is 1. The zero-order chi connectivity index (χ0) is 16.2. The first kappa shape index (κ1) is 17.4. The number of carbonyl (C=O) groups is 2. The minimum Gasteiger partial charge on any atom is -0.480 e. The van der Waals surface area contributed by atoms with Crippen molar-refractivity contribution in [3.8, 4) is 0 Å². The Morgan fingerprint density at radius 3 is 2.62 bits per heavy atom. The predicted octanol–water partition coefficient (Wildman–Crippen LogP) is 1.83. The molecule has 1 atom stereocenters. The van der Waals surface area contributed by atoms with Crippen LogP contribution in [-0.4, -0.2) is 33.5 Å². The molecule has 0 spiro atoms. The molecule has 0 heterocycles. The first-order valence-electron chi connectivity index (χ1n) is 6.00. The Hall–Kier alpha value is -1.67. The second kappa shape index (κ2) is 6.86. The van der Waals surface area contributed by atoms with Gasteiger partial charge in [-0.3, -0.25) is 9.59 Å². The first-order chi connectivity index (χ1) is 9.63. The SMILES string of the molecule is CC(C)(SCC(=O)Nc1cc(F)ccc1F)[C@@H](N)C(=O)O. The second-order valence-electron chi connectivity index (χ2n) is 4.88. The Morgan fingerprint density at radius 1 is 1.43 bits per heavy atom. The van der Waals surface area contributed by atoms with Crippen LogP contribution in [0.25, 0.3) is 0 Å². The van der Waals surface area contributed by atoms with E-state index in [4.69, 9.17) is 10.8 Å². The number of hydrogen-bond donors (Lipinski definition) is 3. The Kier molecular flexibility index (Phi) is 5.68. The summed E-state index contributed by atoms with van der Waals surface area (Å²) in [5.41, 5.74) is 5.25. The van der Waals surface area contributed by atoms with Gasteiger partial charge in [-0.2, -0.15) is 0 Å². The Labute approximate surface area is 124 Å². The zero-order valence-electron chi connectivity index (χ0n) is 11.5. The quantitative estimate of drug-likeness (QED) is 0.744. The van der Waals surface area contributed by atoms with Gasteiger partial charge in [0.2, 0.25) is 5.91 Å². The summed E-state index contributed by atoms with van der Waals surface area (Å²) in [5, 5.41) is 11.1. The number of halogens is 2. The molecule has 0 fully saturated rings. The lowest BCUT2D eigenvalue weighted by Gasteiger charge is -2.27. The molecule has 0 bridgehead atoms. The molecule has 4 N–H and O–H groups in total. The van der Waals surface area contributed by atoms with Gasteiger partial charge in [0.05, 0.1) is 11.4 Å². The number of nitrogens with two attached hydrogens (primary N) is 1. The maximum Gasteiger partial charge on any atom is 0.321 e. The molecule has 0 aliphatic rings. The maximum atomic E-state index is 13.4. The number of thioether (sulfide) groups is 1. The van der Waals surface area contributed by atoms with Crippen LogP contribution in [0, 0.1) is 11.6 Å². The van der Waals surface area contributed by atoms with Gasteiger partial charge in [-0.15, -0.1) is 11.8 Å². The number of benzene rings is 1. The Morgan fingerprint density at radius 2 is 2.05 bits per heavy atom. The number of rotatable bonds is 6. The van der Waals surface area contributed by atoms with Crippen molar-refractivity contribution in [1.29, 1.82) is 0 Å². The van der Waals surface area contributed by atoms with E-state index in [9.17, 15) is 18.4 Å². The van der Waals surface area contributed by atoms with Gasteiger partial charge in [-0.25, -0.2) is 8.78 Å². The molecular weight excluding hydrogens is 302 g/mol. The number of hydrogen-bond acceptors (Lipinski definition) is 4. The van der Waals surface area contributed by atoms with Crippen LogP contribution < -0.4 is 11.1 Å². The lowest BCUT2D eigenvalue weighted by Crippen LogP contribution is -2.47. The zero-order valence-corrected chi connectivity index (χ0v) is 12.3. The summed E-state index contributed by atoms with van der Waals surface area (Å²) >= 11 is 1.02. The van der Waals surface area contributed by atoms with Crippen molar-refractivity contribution in [2.24, 2.45) is 5.73 Å². The predicted molar refractivity (Wildman–Crippen MR) is 77.1 cm³/mol. The molecule has 0 aromatic heterocycles. The van der Waals surface area contributed by atoms with Crippen LogP contribution in [0.1, 0.15) is 13.8 Å². The van der Waals surface area contributed by atoms with Crippen LogP contribution in [0.15, 0.2) is 18.2 Å². The van der Waals surface area contributed by atoms with Crippen molar-refractivity contribution in [3.63, 3.8) is 0 Å².